The van der Waals surface area contributed by atoms with E-state index < -0.39 is 0 Å². The zero-order valence-electron chi connectivity index (χ0n) is 18.3. The van der Waals surface area contributed by atoms with Crippen molar-refractivity contribution >= 4 is 29.2 Å². The summed E-state index contributed by atoms with van der Waals surface area (Å²) < 4.78 is 5.33. The molecule has 0 saturated carbocycles. The summed E-state index contributed by atoms with van der Waals surface area (Å²) in [5, 5.41) is 13.9. The van der Waals surface area contributed by atoms with E-state index in [9.17, 15) is 9.59 Å². The molecule has 1 fully saturated rings. The lowest BCUT2D eigenvalue weighted by atomic mass is 10.1. The Morgan fingerprint density at radius 2 is 1.61 bits per heavy atom. The van der Waals surface area contributed by atoms with Gasteiger partial charge in [0.2, 0.25) is 0 Å². The predicted molar refractivity (Wildman–Crippen MR) is 127 cm³/mol. The summed E-state index contributed by atoms with van der Waals surface area (Å²) in [4.78, 5) is 31.7. The van der Waals surface area contributed by atoms with E-state index in [0.717, 1.165) is 11.1 Å². The summed E-state index contributed by atoms with van der Waals surface area (Å²) in [5.74, 6) is 0.145. The lowest BCUT2D eigenvalue weighted by Crippen LogP contribution is -2.40. The normalized spacial score (nSPS) is 13.3. The first-order valence-electron chi connectivity index (χ1n) is 10.7. The van der Waals surface area contributed by atoms with Crippen LogP contribution in [0.5, 0.6) is 0 Å². The average Bonchev–Trinajstić information content (AvgIpc) is 2.86. The number of benzene rings is 2. The quantitative estimate of drug-likeness (QED) is 0.413. The summed E-state index contributed by atoms with van der Waals surface area (Å²) in [6.45, 7) is 4.49. The molecule has 3 N–H and O–H groups in total. The minimum absolute atomic E-state index is 0.332. The van der Waals surface area contributed by atoms with E-state index in [-0.39, 0.29) is 11.8 Å². The van der Waals surface area contributed by atoms with Gasteiger partial charge in [0.25, 0.3) is 11.8 Å². The molecule has 0 bridgehead atoms. The van der Waals surface area contributed by atoms with Crippen LogP contribution < -0.4 is 10.6 Å². The highest BCUT2D eigenvalue weighted by Gasteiger charge is 2.17. The maximum atomic E-state index is 12.8. The van der Waals surface area contributed by atoms with Gasteiger partial charge in [-0.05, 0) is 42.8 Å². The molecule has 33 heavy (non-hydrogen) atoms. The standard InChI is InChI=1S/C25H25N5O3/c1-17-6-11-22(27-16-17)29-25(32)20-4-2-3-5-21(20)28-24(31)19-9-7-18(8-10-19)23(26)30-12-14-33-15-13-30/h2-11,16,26H,12-15H2,1H3,(H,28,31)(H,27,29,32). The first kappa shape index (κ1) is 22.2. The molecular weight excluding hydrogens is 418 g/mol. The molecule has 3 aromatic rings. The first-order valence-corrected chi connectivity index (χ1v) is 10.7. The Hall–Kier alpha value is -4.04. The fourth-order valence-corrected chi connectivity index (χ4v) is 3.46. The zero-order chi connectivity index (χ0) is 23.2. The van der Waals surface area contributed by atoms with E-state index in [2.05, 4.69) is 15.6 Å². The third-order valence-corrected chi connectivity index (χ3v) is 5.32. The number of rotatable bonds is 5. The SMILES string of the molecule is Cc1ccc(NC(=O)c2ccccc2NC(=O)c2ccc(C(=N)N3CCOCC3)cc2)nc1. The largest absolute Gasteiger partial charge is 0.378 e. The van der Waals surface area contributed by atoms with Gasteiger partial charge in [-0.15, -0.1) is 0 Å². The van der Waals surface area contributed by atoms with Gasteiger partial charge < -0.3 is 20.3 Å². The smallest absolute Gasteiger partial charge is 0.258 e. The molecule has 8 heteroatoms. The van der Waals surface area contributed by atoms with Gasteiger partial charge >= 0.3 is 0 Å². The van der Waals surface area contributed by atoms with Crippen molar-refractivity contribution in [1.29, 1.82) is 5.41 Å². The van der Waals surface area contributed by atoms with Gasteiger partial charge in [-0.3, -0.25) is 15.0 Å². The molecule has 168 valence electrons. The Kier molecular flexibility index (Phi) is 6.75. The number of nitrogens with one attached hydrogen (secondary N) is 3. The number of hydrogen-bond donors (Lipinski definition) is 3. The molecule has 8 nitrogen and oxygen atoms in total. The van der Waals surface area contributed by atoms with Crippen LogP contribution >= 0.6 is 0 Å². The number of anilines is 2. The lowest BCUT2D eigenvalue weighted by Gasteiger charge is -2.29. The maximum absolute atomic E-state index is 12.8. The number of aromatic nitrogens is 1. The Labute approximate surface area is 192 Å². The van der Waals surface area contributed by atoms with Crippen molar-refractivity contribution in [3.05, 3.63) is 89.1 Å². The molecule has 1 aliphatic heterocycles. The predicted octanol–water partition coefficient (Wildman–Crippen LogP) is 3.55. The van der Waals surface area contributed by atoms with Crippen LogP contribution in [0.4, 0.5) is 11.5 Å². The number of hydrogen-bond acceptors (Lipinski definition) is 5. The Balaban J connectivity index is 1.44. The van der Waals surface area contributed by atoms with Crippen molar-refractivity contribution in [2.24, 2.45) is 0 Å². The van der Waals surface area contributed by atoms with Gasteiger partial charge in [0.1, 0.15) is 11.7 Å². The van der Waals surface area contributed by atoms with Crippen LogP contribution in [0.2, 0.25) is 0 Å². The second kappa shape index (κ2) is 10.1. The maximum Gasteiger partial charge on any atom is 0.258 e. The fourth-order valence-electron chi connectivity index (χ4n) is 3.46. The van der Waals surface area contributed by atoms with Gasteiger partial charge in [-0.2, -0.15) is 0 Å². The minimum Gasteiger partial charge on any atom is -0.378 e. The molecule has 0 spiro atoms. The molecule has 2 heterocycles. The van der Waals surface area contributed by atoms with Crippen LogP contribution in [0.1, 0.15) is 31.8 Å². The number of carbonyl (C=O) groups excluding carboxylic acids is 2. The van der Waals surface area contributed by atoms with Crippen LogP contribution in [-0.4, -0.2) is 53.8 Å². The summed E-state index contributed by atoms with van der Waals surface area (Å²) in [5.41, 5.74) is 2.89. The molecule has 4 rings (SSSR count). The van der Waals surface area contributed by atoms with Crippen LogP contribution in [0.3, 0.4) is 0 Å². The molecule has 0 unspecified atom stereocenters. The molecular formula is C25H25N5O3. The fraction of sp³-hybridized carbons (Fsp3) is 0.200. The van der Waals surface area contributed by atoms with Gasteiger partial charge in [0.05, 0.1) is 24.5 Å². The summed E-state index contributed by atoms with van der Waals surface area (Å²) in [6.07, 6.45) is 1.67. The van der Waals surface area contributed by atoms with Crippen LogP contribution in [0.25, 0.3) is 0 Å². The number of para-hydroxylation sites is 1. The van der Waals surface area contributed by atoms with Gasteiger partial charge in [-0.1, -0.05) is 30.3 Å². The third-order valence-electron chi connectivity index (χ3n) is 5.32. The van der Waals surface area contributed by atoms with E-state index in [0.29, 0.717) is 54.8 Å². The van der Waals surface area contributed by atoms with Crippen LogP contribution in [-0.2, 0) is 4.74 Å². The van der Waals surface area contributed by atoms with Gasteiger partial charge in [0.15, 0.2) is 0 Å². The van der Waals surface area contributed by atoms with Gasteiger partial charge in [0, 0.05) is 30.4 Å². The number of amidine groups is 1. The summed E-state index contributed by atoms with van der Waals surface area (Å²) in [6, 6.07) is 17.3. The summed E-state index contributed by atoms with van der Waals surface area (Å²) >= 11 is 0. The van der Waals surface area contributed by atoms with Crippen molar-refractivity contribution in [1.82, 2.24) is 9.88 Å². The Morgan fingerprint density at radius 3 is 2.30 bits per heavy atom. The Morgan fingerprint density at radius 1 is 0.909 bits per heavy atom. The first-order chi connectivity index (χ1) is 16.0. The highest BCUT2D eigenvalue weighted by Crippen LogP contribution is 2.19. The van der Waals surface area contributed by atoms with E-state index in [1.165, 1.54) is 0 Å². The zero-order valence-corrected chi connectivity index (χ0v) is 18.3. The van der Waals surface area contributed by atoms with Crippen molar-refractivity contribution in [2.75, 3.05) is 36.9 Å². The highest BCUT2D eigenvalue weighted by atomic mass is 16.5. The monoisotopic (exact) mass is 443 g/mol. The molecule has 0 atom stereocenters. The summed E-state index contributed by atoms with van der Waals surface area (Å²) in [7, 11) is 0. The van der Waals surface area contributed by atoms with E-state index in [4.69, 9.17) is 10.1 Å². The van der Waals surface area contributed by atoms with Crippen LogP contribution in [0.15, 0.2) is 66.9 Å². The molecule has 1 saturated heterocycles. The van der Waals surface area contributed by atoms with E-state index in [1.54, 1.807) is 60.8 Å². The number of pyridine rings is 1. The van der Waals surface area contributed by atoms with Crippen molar-refractivity contribution < 1.29 is 14.3 Å². The number of nitrogens with zero attached hydrogens (tertiary/aromatic N) is 2. The van der Waals surface area contributed by atoms with Crippen LogP contribution in [0, 0.1) is 12.3 Å². The molecule has 0 radical (unpaired) electrons. The van der Waals surface area contributed by atoms with E-state index >= 15 is 0 Å². The second-order valence-electron chi connectivity index (χ2n) is 7.70. The number of ether oxygens (including phenoxy) is 1. The molecule has 2 amide bonds. The molecule has 2 aromatic carbocycles. The second-order valence-corrected chi connectivity index (χ2v) is 7.70. The van der Waals surface area contributed by atoms with Gasteiger partial charge in [-0.25, -0.2) is 4.98 Å². The minimum atomic E-state index is -0.364. The molecule has 1 aromatic heterocycles. The average molecular weight is 444 g/mol. The van der Waals surface area contributed by atoms with Crippen molar-refractivity contribution in [2.45, 2.75) is 6.92 Å². The highest BCUT2D eigenvalue weighted by molar-refractivity contribution is 6.12. The Bertz CT molecular complexity index is 1150. The lowest BCUT2D eigenvalue weighted by molar-refractivity contribution is 0.0680. The number of morpholine rings is 1. The third kappa shape index (κ3) is 5.42. The van der Waals surface area contributed by atoms with E-state index in [1.807, 2.05) is 17.9 Å². The molecule has 1 aliphatic rings. The topological polar surface area (TPSA) is 107 Å². The van der Waals surface area contributed by atoms with Crippen molar-refractivity contribution in [3.63, 3.8) is 0 Å². The molecule has 0 aliphatic carbocycles. The number of carbonyl (C=O) groups is 2. The number of aryl methyl sites for hydroxylation is 1. The van der Waals surface area contributed by atoms with Crippen molar-refractivity contribution in [3.8, 4) is 0 Å². The number of amides is 2.